The number of benzene rings is 1. The van der Waals surface area contributed by atoms with E-state index in [2.05, 4.69) is 29.7 Å². The third-order valence-electron chi connectivity index (χ3n) is 7.16. The molecule has 0 radical (unpaired) electrons. The number of carbonyl (C=O) groups excluding carboxylic acids is 3. The van der Waals surface area contributed by atoms with Crippen LogP contribution in [0.2, 0.25) is 5.15 Å². The van der Waals surface area contributed by atoms with E-state index in [1.807, 2.05) is 32.0 Å². The zero-order chi connectivity index (χ0) is 32.2. The normalized spacial score (nSPS) is 14.6. The molecule has 1 fully saturated rings. The Bertz CT molecular complexity index is 1560. The van der Waals surface area contributed by atoms with Gasteiger partial charge in [0.05, 0.1) is 19.6 Å². The van der Waals surface area contributed by atoms with E-state index in [4.69, 9.17) is 32.5 Å². The van der Waals surface area contributed by atoms with Gasteiger partial charge < -0.3 is 44.0 Å². The quantitative estimate of drug-likeness (QED) is 0.162. The lowest BCUT2D eigenvalue weighted by Gasteiger charge is -2.28. The topological polar surface area (TPSA) is 184 Å². The number of hydrogen-bond donors (Lipinski definition) is 4. The van der Waals surface area contributed by atoms with E-state index in [-0.39, 0.29) is 60.5 Å². The van der Waals surface area contributed by atoms with Crippen molar-refractivity contribution in [2.45, 2.75) is 78.7 Å². The van der Waals surface area contributed by atoms with Gasteiger partial charge in [0.15, 0.2) is 33.5 Å². The lowest BCUT2D eigenvalue weighted by atomic mass is 10.2. The standard InChI is InChI=1S/C29H40ClN9O5.ClH/c1-6-37-18-11-10-17(43-14-12-33-26(40)19-9-8-13-39(19)28(42)44-29(3,4)5)15-20(18)38(7-2)21(37)16-34-27(41)22-24(31)36-25(32)23(30)35-22;/h10-11,15,19H,6-9,12-14,16H2,1-5H3,(H5-,31,32,33,34,36,40,41);1H. The highest BCUT2D eigenvalue weighted by Crippen LogP contribution is 2.23. The van der Waals surface area contributed by atoms with Crippen molar-refractivity contribution in [3.8, 4) is 5.75 Å². The number of aromatic nitrogens is 4. The number of nitrogens with two attached hydrogens (primary N) is 2. The van der Waals surface area contributed by atoms with Gasteiger partial charge in [-0.3, -0.25) is 14.5 Å². The number of rotatable bonds is 10. The SMILES string of the molecule is CCn1c(CNC(=O)c2nc(Cl)c(N)nc2N)[n+](CC)c2ccc(OCCNC(=O)C3CCCN3C(=O)OC(C)(C)C)cc21.[Cl-]. The van der Waals surface area contributed by atoms with Gasteiger partial charge in [-0.25, -0.2) is 23.9 Å². The third kappa shape index (κ3) is 8.17. The van der Waals surface area contributed by atoms with Crippen molar-refractivity contribution in [2.24, 2.45) is 0 Å². The van der Waals surface area contributed by atoms with Gasteiger partial charge in [-0.05, 0) is 59.6 Å². The number of imidazole rings is 1. The van der Waals surface area contributed by atoms with Gasteiger partial charge in [0, 0.05) is 12.6 Å². The molecular weight excluding hydrogens is 625 g/mol. The number of nitrogens with one attached hydrogen (secondary N) is 2. The maximum absolute atomic E-state index is 12.9. The molecule has 0 spiro atoms. The van der Waals surface area contributed by atoms with E-state index < -0.39 is 23.6 Å². The van der Waals surface area contributed by atoms with Crippen LogP contribution >= 0.6 is 11.6 Å². The maximum Gasteiger partial charge on any atom is 0.410 e. The molecule has 14 nitrogen and oxygen atoms in total. The average Bonchev–Trinajstić information content (AvgIpc) is 3.57. The average molecular weight is 667 g/mol. The second-order valence-corrected chi connectivity index (χ2v) is 11.7. The van der Waals surface area contributed by atoms with Crippen LogP contribution in [0.1, 0.15) is 63.8 Å². The van der Waals surface area contributed by atoms with Crippen molar-refractivity contribution < 1.29 is 40.8 Å². The Balaban J connectivity index is 0.00000552. The molecule has 1 unspecified atom stereocenters. The summed E-state index contributed by atoms with van der Waals surface area (Å²) in [6.45, 7) is 11.9. The van der Waals surface area contributed by atoms with Crippen molar-refractivity contribution in [3.63, 3.8) is 0 Å². The van der Waals surface area contributed by atoms with E-state index in [1.54, 1.807) is 20.8 Å². The lowest BCUT2D eigenvalue weighted by molar-refractivity contribution is -0.676. The molecule has 3 aromatic rings. The van der Waals surface area contributed by atoms with E-state index in [0.29, 0.717) is 31.8 Å². The number of amides is 3. The minimum Gasteiger partial charge on any atom is -1.00 e. The Morgan fingerprint density at radius 1 is 1.13 bits per heavy atom. The molecule has 246 valence electrons. The molecular formula is C29H41Cl2N9O5. The number of halogens is 2. The lowest BCUT2D eigenvalue weighted by Crippen LogP contribution is -3.00. The fourth-order valence-corrected chi connectivity index (χ4v) is 5.38. The van der Waals surface area contributed by atoms with E-state index in [9.17, 15) is 14.4 Å². The zero-order valence-corrected chi connectivity index (χ0v) is 27.7. The number of aryl methyl sites for hydroxylation is 2. The number of nitrogen functional groups attached to an aromatic ring is 2. The van der Waals surface area contributed by atoms with Crippen LogP contribution in [0.5, 0.6) is 5.75 Å². The molecule has 3 heterocycles. The molecule has 4 rings (SSSR count). The summed E-state index contributed by atoms with van der Waals surface area (Å²) in [6, 6.07) is 5.21. The van der Waals surface area contributed by atoms with Crippen LogP contribution in [0, 0.1) is 0 Å². The first-order valence-corrected chi connectivity index (χ1v) is 15.0. The van der Waals surface area contributed by atoms with Gasteiger partial charge in [-0.2, -0.15) is 0 Å². The summed E-state index contributed by atoms with van der Waals surface area (Å²) in [6.07, 6.45) is 0.853. The number of carbonyl (C=O) groups is 3. The minimum absolute atomic E-state index is 0. The summed E-state index contributed by atoms with van der Waals surface area (Å²) in [5.74, 6) is 0.595. The van der Waals surface area contributed by atoms with Crippen LogP contribution < -0.4 is 43.8 Å². The van der Waals surface area contributed by atoms with Crippen molar-refractivity contribution in [1.29, 1.82) is 0 Å². The first kappa shape index (κ1) is 35.4. The van der Waals surface area contributed by atoms with Gasteiger partial charge in [0.1, 0.15) is 30.5 Å². The van der Waals surface area contributed by atoms with Gasteiger partial charge in [0.2, 0.25) is 5.91 Å². The van der Waals surface area contributed by atoms with Crippen molar-refractivity contribution in [3.05, 3.63) is 34.9 Å². The molecule has 3 amide bonds. The molecule has 1 aliphatic heterocycles. The molecule has 16 heteroatoms. The molecule has 0 bridgehead atoms. The van der Waals surface area contributed by atoms with Gasteiger partial charge in [-0.1, -0.05) is 11.6 Å². The highest BCUT2D eigenvalue weighted by atomic mass is 35.5. The number of nitrogens with zero attached hydrogens (tertiary/aromatic N) is 5. The molecule has 1 atom stereocenters. The molecule has 1 aliphatic rings. The number of anilines is 2. The Labute approximate surface area is 273 Å². The summed E-state index contributed by atoms with van der Waals surface area (Å²) < 4.78 is 15.6. The fraction of sp³-hybridized carbons (Fsp3) is 0.517. The number of fused-ring (bicyclic) bond motifs is 1. The smallest absolute Gasteiger partial charge is 0.410 e. The molecule has 1 saturated heterocycles. The van der Waals surface area contributed by atoms with Crippen molar-refractivity contribution >= 4 is 52.2 Å². The second kappa shape index (κ2) is 14.8. The number of likely N-dealkylation sites (tertiary alicyclic amines) is 1. The molecule has 45 heavy (non-hydrogen) atoms. The van der Waals surface area contributed by atoms with E-state index in [1.165, 1.54) is 4.90 Å². The first-order valence-electron chi connectivity index (χ1n) is 14.7. The Hall–Kier alpha value is -4.04. The Morgan fingerprint density at radius 3 is 2.53 bits per heavy atom. The van der Waals surface area contributed by atoms with Gasteiger partial charge >= 0.3 is 6.09 Å². The van der Waals surface area contributed by atoms with Crippen LogP contribution in [0.25, 0.3) is 11.0 Å². The summed E-state index contributed by atoms with van der Waals surface area (Å²) in [5, 5.41) is 5.64. The van der Waals surface area contributed by atoms with Crippen LogP contribution in [0.3, 0.4) is 0 Å². The van der Waals surface area contributed by atoms with Gasteiger partial charge in [0.25, 0.3) is 11.7 Å². The maximum atomic E-state index is 12.9. The molecule has 0 saturated carbocycles. The predicted molar refractivity (Wildman–Crippen MR) is 165 cm³/mol. The third-order valence-corrected chi connectivity index (χ3v) is 7.44. The molecule has 0 aliphatic carbocycles. The molecule has 1 aromatic carbocycles. The monoisotopic (exact) mass is 665 g/mol. The largest absolute Gasteiger partial charge is 1.00 e. The van der Waals surface area contributed by atoms with Crippen molar-refractivity contribution in [2.75, 3.05) is 31.2 Å². The fourth-order valence-electron chi connectivity index (χ4n) is 5.25. The molecule has 6 N–H and O–H groups in total. The summed E-state index contributed by atoms with van der Waals surface area (Å²) >= 11 is 5.94. The predicted octanol–water partition coefficient (Wildman–Crippen LogP) is -0.595. The highest BCUT2D eigenvalue weighted by molar-refractivity contribution is 6.31. The number of ether oxygens (including phenoxy) is 2. The molecule has 2 aromatic heterocycles. The zero-order valence-electron chi connectivity index (χ0n) is 26.2. The van der Waals surface area contributed by atoms with Crippen LogP contribution in [0.4, 0.5) is 16.4 Å². The number of hydrogen-bond acceptors (Lipinski definition) is 9. The highest BCUT2D eigenvalue weighted by Gasteiger charge is 2.36. The summed E-state index contributed by atoms with van der Waals surface area (Å²) in [5.41, 5.74) is 12.6. The Morgan fingerprint density at radius 2 is 1.87 bits per heavy atom. The first-order chi connectivity index (χ1) is 20.8. The van der Waals surface area contributed by atoms with Crippen LogP contribution in [-0.2, 0) is 29.2 Å². The Kier molecular flexibility index (Phi) is 11.7. The van der Waals surface area contributed by atoms with Crippen LogP contribution in [0.15, 0.2) is 18.2 Å². The van der Waals surface area contributed by atoms with Crippen molar-refractivity contribution in [1.82, 2.24) is 30.1 Å². The second-order valence-electron chi connectivity index (χ2n) is 11.3. The summed E-state index contributed by atoms with van der Waals surface area (Å²) in [7, 11) is 0. The minimum atomic E-state index is -0.630. The van der Waals surface area contributed by atoms with E-state index >= 15 is 0 Å². The van der Waals surface area contributed by atoms with Crippen LogP contribution in [-0.4, -0.2) is 68.7 Å². The van der Waals surface area contributed by atoms with E-state index in [0.717, 1.165) is 23.3 Å². The van der Waals surface area contributed by atoms with Gasteiger partial charge in [-0.15, -0.1) is 0 Å². The summed E-state index contributed by atoms with van der Waals surface area (Å²) in [4.78, 5) is 47.6.